The van der Waals surface area contributed by atoms with Crippen molar-refractivity contribution in [3.63, 3.8) is 0 Å². The van der Waals surface area contributed by atoms with E-state index < -0.39 is 5.97 Å². The molecule has 0 radical (unpaired) electrons. The number of benzene rings is 1. The summed E-state index contributed by atoms with van der Waals surface area (Å²) < 4.78 is 5.07. The van der Waals surface area contributed by atoms with Gasteiger partial charge in [-0.15, -0.1) is 0 Å². The highest BCUT2D eigenvalue weighted by Gasteiger charge is 2.13. The Kier molecular flexibility index (Phi) is 4.28. The number of nitrogens with two attached hydrogens (primary N) is 1. The topological polar surface area (TPSA) is 86.8 Å². The second-order valence-corrected chi connectivity index (χ2v) is 3.79. The van der Waals surface area contributed by atoms with E-state index in [1.807, 2.05) is 0 Å². The minimum absolute atomic E-state index is 0.0932. The third kappa shape index (κ3) is 3.11. The predicted molar refractivity (Wildman–Crippen MR) is 73.4 cm³/mol. The van der Waals surface area contributed by atoms with Crippen molar-refractivity contribution in [2.45, 2.75) is 0 Å². The highest BCUT2D eigenvalue weighted by molar-refractivity contribution is 5.98. The van der Waals surface area contributed by atoms with Crippen molar-refractivity contribution in [3.8, 4) is 5.75 Å². The molecular weight excluding hydrogens is 258 g/mol. The van der Waals surface area contributed by atoms with Gasteiger partial charge in [0.05, 0.1) is 7.11 Å². The molecule has 2 rings (SSSR count). The lowest BCUT2D eigenvalue weighted by Crippen LogP contribution is -2.15. The maximum atomic E-state index is 11.9. The number of pyridine rings is 1. The molecule has 0 aliphatic heterocycles. The van der Waals surface area contributed by atoms with Crippen molar-refractivity contribution in [2.24, 2.45) is 10.9 Å². The van der Waals surface area contributed by atoms with Crippen LogP contribution in [-0.2, 0) is 4.84 Å². The van der Waals surface area contributed by atoms with Gasteiger partial charge in [0.1, 0.15) is 11.3 Å². The molecule has 0 saturated carbocycles. The first-order valence-corrected chi connectivity index (χ1v) is 5.80. The van der Waals surface area contributed by atoms with Crippen molar-refractivity contribution < 1.29 is 14.4 Å². The highest BCUT2D eigenvalue weighted by Crippen LogP contribution is 2.18. The maximum absolute atomic E-state index is 11.9. The minimum atomic E-state index is -0.639. The number of rotatable bonds is 4. The number of aromatic nitrogens is 1. The van der Waals surface area contributed by atoms with Crippen LogP contribution in [0.1, 0.15) is 15.9 Å². The average molecular weight is 271 g/mol. The Labute approximate surface area is 115 Å². The van der Waals surface area contributed by atoms with Crippen LogP contribution < -0.4 is 10.5 Å². The van der Waals surface area contributed by atoms with E-state index in [9.17, 15) is 4.79 Å². The monoisotopic (exact) mass is 271 g/mol. The molecule has 0 unspecified atom stereocenters. The van der Waals surface area contributed by atoms with E-state index >= 15 is 0 Å². The molecule has 6 heteroatoms. The fourth-order valence-corrected chi connectivity index (χ4v) is 1.53. The summed E-state index contributed by atoms with van der Waals surface area (Å²) in [6.45, 7) is 0. The third-order valence-electron chi connectivity index (χ3n) is 2.53. The quantitative estimate of drug-likeness (QED) is 0.395. The van der Waals surface area contributed by atoms with Gasteiger partial charge in [0.25, 0.3) is 0 Å². The Morgan fingerprint density at radius 1 is 1.20 bits per heavy atom. The second-order valence-electron chi connectivity index (χ2n) is 3.79. The standard InChI is InChI=1S/C14H13N3O3/c1-19-12-5-3-2-4-11(12)14(18)20-17-13(15)10-6-8-16-9-7-10/h2-9H,1H3,(H2,15,17). The molecule has 1 aromatic carbocycles. The van der Waals surface area contributed by atoms with E-state index in [4.69, 9.17) is 15.3 Å². The van der Waals surface area contributed by atoms with Gasteiger partial charge in [0.15, 0.2) is 5.84 Å². The maximum Gasteiger partial charge on any atom is 0.369 e. The van der Waals surface area contributed by atoms with Crippen molar-refractivity contribution in [2.75, 3.05) is 7.11 Å². The number of hydrogen-bond donors (Lipinski definition) is 1. The van der Waals surface area contributed by atoms with Gasteiger partial charge in [0, 0.05) is 18.0 Å². The van der Waals surface area contributed by atoms with Gasteiger partial charge in [-0.05, 0) is 24.3 Å². The van der Waals surface area contributed by atoms with Gasteiger partial charge < -0.3 is 15.3 Å². The molecule has 1 heterocycles. The molecule has 0 saturated heterocycles. The number of ether oxygens (including phenoxy) is 1. The molecule has 20 heavy (non-hydrogen) atoms. The SMILES string of the molecule is COc1ccccc1C(=O)O/N=C(/N)c1ccncc1. The van der Waals surface area contributed by atoms with E-state index in [1.54, 1.807) is 48.8 Å². The number of para-hydroxylation sites is 1. The van der Waals surface area contributed by atoms with E-state index in [2.05, 4.69) is 10.1 Å². The molecule has 1 aromatic heterocycles. The molecule has 0 spiro atoms. The zero-order valence-electron chi connectivity index (χ0n) is 10.8. The molecular formula is C14H13N3O3. The number of carbonyl (C=O) groups is 1. The molecule has 0 aliphatic rings. The average Bonchev–Trinajstić information content (AvgIpc) is 2.53. The molecule has 2 N–H and O–H groups in total. The summed E-state index contributed by atoms with van der Waals surface area (Å²) in [4.78, 5) is 20.6. The van der Waals surface area contributed by atoms with E-state index in [0.29, 0.717) is 11.3 Å². The molecule has 2 aromatic rings. The summed E-state index contributed by atoms with van der Waals surface area (Å²) in [7, 11) is 1.47. The summed E-state index contributed by atoms with van der Waals surface area (Å²) in [5.74, 6) is -0.134. The molecule has 102 valence electrons. The summed E-state index contributed by atoms with van der Waals surface area (Å²) in [5, 5.41) is 3.61. The Bertz CT molecular complexity index is 627. The van der Waals surface area contributed by atoms with Gasteiger partial charge in [-0.1, -0.05) is 17.3 Å². The van der Waals surface area contributed by atoms with Gasteiger partial charge in [0.2, 0.25) is 0 Å². The first-order chi connectivity index (χ1) is 9.72. The Balaban J connectivity index is 2.12. The van der Waals surface area contributed by atoms with Crippen LogP contribution in [0, 0.1) is 0 Å². The number of hydrogen-bond acceptors (Lipinski definition) is 5. The zero-order valence-corrected chi connectivity index (χ0v) is 10.8. The molecule has 0 bridgehead atoms. The van der Waals surface area contributed by atoms with E-state index in [1.165, 1.54) is 7.11 Å². The normalized spacial score (nSPS) is 10.9. The fraction of sp³-hybridized carbons (Fsp3) is 0.0714. The number of nitrogens with zero attached hydrogens (tertiary/aromatic N) is 2. The smallest absolute Gasteiger partial charge is 0.369 e. The van der Waals surface area contributed by atoms with Crippen molar-refractivity contribution in [1.29, 1.82) is 0 Å². The second kappa shape index (κ2) is 6.33. The summed E-state index contributed by atoms with van der Waals surface area (Å²) >= 11 is 0. The van der Waals surface area contributed by atoms with E-state index in [0.717, 1.165) is 0 Å². The Hall–Kier alpha value is -2.89. The Morgan fingerprint density at radius 3 is 2.60 bits per heavy atom. The number of amidine groups is 1. The van der Waals surface area contributed by atoms with Crippen LogP contribution in [0.4, 0.5) is 0 Å². The number of methoxy groups -OCH3 is 1. The first kappa shape index (κ1) is 13.5. The lowest BCUT2D eigenvalue weighted by atomic mass is 10.2. The zero-order chi connectivity index (χ0) is 14.4. The van der Waals surface area contributed by atoms with Gasteiger partial charge in [-0.2, -0.15) is 0 Å². The lowest BCUT2D eigenvalue weighted by Gasteiger charge is -2.05. The van der Waals surface area contributed by atoms with Gasteiger partial charge in [-0.3, -0.25) is 4.98 Å². The highest BCUT2D eigenvalue weighted by atomic mass is 16.7. The first-order valence-electron chi connectivity index (χ1n) is 5.80. The number of carbonyl (C=O) groups excluding carboxylic acids is 1. The van der Waals surface area contributed by atoms with Crippen molar-refractivity contribution in [3.05, 3.63) is 59.9 Å². The minimum Gasteiger partial charge on any atom is -0.496 e. The van der Waals surface area contributed by atoms with Crippen LogP contribution >= 0.6 is 0 Å². The molecule has 0 fully saturated rings. The van der Waals surface area contributed by atoms with E-state index in [-0.39, 0.29) is 11.4 Å². The summed E-state index contributed by atoms with van der Waals surface area (Å²) in [6, 6.07) is 10.0. The third-order valence-corrected chi connectivity index (χ3v) is 2.53. The largest absolute Gasteiger partial charge is 0.496 e. The van der Waals surface area contributed by atoms with Crippen LogP contribution in [0.3, 0.4) is 0 Å². The van der Waals surface area contributed by atoms with Crippen LogP contribution in [0.2, 0.25) is 0 Å². The van der Waals surface area contributed by atoms with Crippen LogP contribution in [0.5, 0.6) is 5.75 Å². The van der Waals surface area contributed by atoms with Crippen molar-refractivity contribution >= 4 is 11.8 Å². The molecule has 0 amide bonds. The van der Waals surface area contributed by atoms with Gasteiger partial charge in [-0.25, -0.2) is 4.79 Å². The van der Waals surface area contributed by atoms with Crippen molar-refractivity contribution in [1.82, 2.24) is 4.98 Å². The summed E-state index contributed by atoms with van der Waals surface area (Å²) in [6.07, 6.45) is 3.14. The van der Waals surface area contributed by atoms with Crippen LogP contribution in [0.15, 0.2) is 53.9 Å². The molecule has 0 aliphatic carbocycles. The molecule has 0 atom stereocenters. The van der Waals surface area contributed by atoms with Crippen LogP contribution in [-0.4, -0.2) is 23.9 Å². The summed E-state index contributed by atoms with van der Waals surface area (Å²) in [5.41, 5.74) is 6.60. The Morgan fingerprint density at radius 2 is 1.90 bits per heavy atom. The number of oxime groups is 1. The fourth-order valence-electron chi connectivity index (χ4n) is 1.53. The lowest BCUT2D eigenvalue weighted by molar-refractivity contribution is 0.0512. The molecule has 6 nitrogen and oxygen atoms in total. The predicted octanol–water partition coefficient (Wildman–Crippen LogP) is 1.57. The van der Waals surface area contributed by atoms with Gasteiger partial charge >= 0.3 is 5.97 Å². The van der Waals surface area contributed by atoms with Crippen LogP contribution in [0.25, 0.3) is 0 Å².